The third-order valence-electron chi connectivity index (χ3n) is 2.27. The first kappa shape index (κ1) is 11.4. The maximum absolute atomic E-state index is 11.1. The number of hydrogen-bond donors (Lipinski definition) is 2. The van der Waals surface area contributed by atoms with Crippen molar-refractivity contribution in [3.63, 3.8) is 0 Å². The predicted molar refractivity (Wildman–Crippen MR) is 61.5 cm³/mol. The van der Waals surface area contributed by atoms with E-state index in [2.05, 4.69) is 9.97 Å². The molecule has 0 saturated heterocycles. The smallest absolute Gasteiger partial charge is 0.252 e. The molecule has 0 aliphatic rings. The maximum atomic E-state index is 11.1. The molecule has 0 aromatic carbocycles. The molecule has 0 fully saturated rings. The summed E-state index contributed by atoms with van der Waals surface area (Å²) < 4.78 is 5.17. The Morgan fingerprint density at radius 1 is 1.47 bits per heavy atom. The molecule has 2 aromatic rings. The summed E-state index contributed by atoms with van der Waals surface area (Å²) in [5, 5.41) is 0.226. The van der Waals surface area contributed by atoms with Crippen molar-refractivity contribution in [2.45, 2.75) is 6.42 Å². The lowest BCUT2D eigenvalue weighted by Crippen LogP contribution is -2.12. The molecule has 0 saturated carbocycles. The van der Waals surface area contributed by atoms with Crippen LogP contribution < -0.4 is 11.5 Å². The Morgan fingerprint density at radius 3 is 2.88 bits per heavy atom. The van der Waals surface area contributed by atoms with Crippen LogP contribution in [0.3, 0.4) is 0 Å². The highest BCUT2D eigenvalue weighted by Crippen LogP contribution is 2.23. The van der Waals surface area contributed by atoms with Gasteiger partial charge in [0, 0.05) is 12.0 Å². The standard InChI is InChI=1S/C10H9ClN4O2/c11-8-6(9(12)15-4-14-8)3-7-5(10(13)16)1-2-17-7/h1-2,4H,3H2,(H2,13,16)(H2,12,14,15). The molecular weight excluding hydrogens is 244 g/mol. The number of nitrogens with two attached hydrogens (primary N) is 2. The third kappa shape index (κ3) is 2.21. The second kappa shape index (κ2) is 4.42. The van der Waals surface area contributed by atoms with Gasteiger partial charge in [-0.05, 0) is 6.07 Å². The van der Waals surface area contributed by atoms with E-state index in [1.165, 1.54) is 18.7 Å². The molecule has 1 amide bonds. The van der Waals surface area contributed by atoms with Crippen molar-refractivity contribution >= 4 is 23.3 Å². The molecule has 2 rings (SSSR count). The fourth-order valence-electron chi connectivity index (χ4n) is 1.42. The number of nitrogen functional groups attached to an aromatic ring is 1. The van der Waals surface area contributed by atoms with Gasteiger partial charge in [0.2, 0.25) is 0 Å². The van der Waals surface area contributed by atoms with Crippen molar-refractivity contribution in [2.75, 3.05) is 5.73 Å². The Labute approximate surface area is 102 Å². The van der Waals surface area contributed by atoms with Crippen LogP contribution in [0.25, 0.3) is 0 Å². The molecule has 0 atom stereocenters. The van der Waals surface area contributed by atoms with Gasteiger partial charge in [-0.25, -0.2) is 9.97 Å². The summed E-state index contributed by atoms with van der Waals surface area (Å²) >= 11 is 5.89. The van der Waals surface area contributed by atoms with Gasteiger partial charge in [0.15, 0.2) is 0 Å². The second-order valence-corrected chi connectivity index (χ2v) is 3.68. The van der Waals surface area contributed by atoms with Crippen LogP contribution in [0, 0.1) is 0 Å². The Balaban J connectivity index is 2.38. The molecule has 0 aliphatic carbocycles. The van der Waals surface area contributed by atoms with E-state index in [0.29, 0.717) is 16.9 Å². The number of carbonyl (C=O) groups is 1. The highest BCUT2D eigenvalue weighted by Gasteiger charge is 2.16. The maximum Gasteiger partial charge on any atom is 0.252 e. The number of halogens is 1. The van der Waals surface area contributed by atoms with E-state index in [0.717, 1.165) is 0 Å². The molecule has 7 heteroatoms. The molecule has 2 aromatic heterocycles. The highest BCUT2D eigenvalue weighted by molar-refractivity contribution is 6.30. The van der Waals surface area contributed by atoms with Crippen LogP contribution in [0.5, 0.6) is 0 Å². The second-order valence-electron chi connectivity index (χ2n) is 3.33. The third-order valence-corrected chi connectivity index (χ3v) is 2.60. The average Bonchev–Trinajstić information content (AvgIpc) is 2.72. The van der Waals surface area contributed by atoms with E-state index < -0.39 is 5.91 Å². The minimum Gasteiger partial charge on any atom is -0.468 e. The zero-order chi connectivity index (χ0) is 12.4. The number of anilines is 1. The highest BCUT2D eigenvalue weighted by atomic mass is 35.5. The van der Waals surface area contributed by atoms with Crippen molar-refractivity contribution < 1.29 is 9.21 Å². The van der Waals surface area contributed by atoms with E-state index in [4.69, 9.17) is 27.5 Å². The van der Waals surface area contributed by atoms with Gasteiger partial charge in [0.05, 0.1) is 11.8 Å². The summed E-state index contributed by atoms with van der Waals surface area (Å²) in [6.07, 6.45) is 2.86. The number of nitrogens with zero attached hydrogens (tertiary/aromatic N) is 2. The lowest BCUT2D eigenvalue weighted by molar-refractivity contribution is 0.0998. The van der Waals surface area contributed by atoms with E-state index >= 15 is 0 Å². The number of furan rings is 1. The van der Waals surface area contributed by atoms with Gasteiger partial charge >= 0.3 is 0 Å². The van der Waals surface area contributed by atoms with Gasteiger partial charge in [-0.1, -0.05) is 11.6 Å². The van der Waals surface area contributed by atoms with Gasteiger partial charge in [0.1, 0.15) is 23.1 Å². The van der Waals surface area contributed by atoms with Crippen LogP contribution in [0.15, 0.2) is 23.1 Å². The van der Waals surface area contributed by atoms with Gasteiger partial charge in [-0.3, -0.25) is 4.79 Å². The fourth-order valence-corrected chi connectivity index (χ4v) is 1.63. The SMILES string of the molecule is NC(=O)c1ccoc1Cc1c(N)ncnc1Cl. The van der Waals surface area contributed by atoms with Crippen molar-refractivity contribution in [1.82, 2.24) is 9.97 Å². The van der Waals surface area contributed by atoms with E-state index in [9.17, 15) is 4.79 Å². The van der Waals surface area contributed by atoms with Crippen LogP contribution in [-0.2, 0) is 6.42 Å². The zero-order valence-electron chi connectivity index (χ0n) is 8.68. The predicted octanol–water partition coefficient (Wildman–Crippen LogP) is 0.995. The van der Waals surface area contributed by atoms with Gasteiger partial charge in [-0.15, -0.1) is 0 Å². The molecule has 2 heterocycles. The van der Waals surface area contributed by atoms with Gasteiger partial charge in [-0.2, -0.15) is 0 Å². The minimum absolute atomic E-state index is 0.219. The first-order valence-corrected chi connectivity index (χ1v) is 5.08. The number of amides is 1. The molecule has 6 nitrogen and oxygen atoms in total. The van der Waals surface area contributed by atoms with E-state index in [1.807, 2.05) is 0 Å². The molecular formula is C10H9ClN4O2. The summed E-state index contributed by atoms with van der Waals surface area (Å²) in [5.41, 5.74) is 11.7. The zero-order valence-corrected chi connectivity index (χ0v) is 9.44. The number of rotatable bonds is 3. The van der Waals surface area contributed by atoms with E-state index in [-0.39, 0.29) is 17.4 Å². The Hall–Kier alpha value is -2.08. The lowest BCUT2D eigenvalue weighted by atomic mass is 10.1. The molecule has 0 bridgehead atoms. The topological polar surface area (TPSA) is 108 Å². The Bertz CT molecular complexity index is 547. The quantitative estimate of drug-likeness (QED) is 0.792. The van der Waals surface area contributed by atoms with Crippen LogP contribution >= 0.6 is 11.6 Å². The van der Waals surface area contributed by atoms with Crippen LogP contribution in [-0.4, -0.2) is 15.9 Å². The van der Waals surface area contributed by atoms with Crippen LogP contribution in [0.4, 0.5) is 5.82 Å². The Kier molecular flexibility index (Phi) is 2.97. The molecule has 0 radical (unpaired) electrons. The minimum atomic E-state index is -0.569. The summed E-state index contributed by atoms with van der Waals surface area (Å²) in [5.74, 6) is 0.0676. The van der Waals surface area contributed by atoms with Crippen molar-refractivity contribution in [3.8, 4) is 0 Å². The van der Waals surface area contributed by atoms with Crippen molar-refractivity contribution in [2.24, 2.45) is 5.73 Å². The number of aromatic nitrogens is 2. The van der Waals surface area contributed by atoms with Crippen LogP contribution in [0.1, 0.15) is 21.7 Å². The van der Waals surface area contributed by atoms with E-state index in [1.54, 1.807) is 0 Å². The molecule has 4 N–H and O–H groups in total. The summed E-state index contributed by atoms with van der Waals surface area (Å²) in [6.45, 7) is 0. The number of hydrogen-bond acceptors (Lipinski definition) is 5. The summed E-state index contributed by atoms with van der Waals surface area (Å²) in [7, 11) is 0. The van der Waals surface area contributed by atoms with Crippen LogP contribution in [0.2, 0.25) is 5.15 Å². The van der Waals surface area contributed by atoms with Crippen molar-refractivity contribution in [3.05, 3.63) is 40.7 Å². The number of primary amides is 1. The molecule has 0 spiro atoms. The molecule has 88 valence electrons. The average molecular weight is 253 g/mol. The largest absolute Gasteiger partial charge is 0.468 e. The van der Waals surface area contributed by atoms with Crippen molar-refractivity contribution in [1.29, 1.82) is 0 Å². The molecule has 0 aliphatic heterocycles. The molecule has 0 unspecified atom stereocenters. The lowest BCUT2D eigenvalue weighted by Gasteiger charge is -2.04. The molecule has 17 heavy (non-hydrogen) atoms. The van der Waals surface area contributed by atoms with Gasteiger partial charge < -0.3 is 15.9 Å². The first-order chi connectivity index (χ1) is 8.09. The monoisotopic (exact) mass is 252 g/mol. The first-order valence-electron chi connectivity index (χ1n) is 4.70. The van der Waals surface area contributed by atoms with Gasteiger partial charge in [0.25, 0.3) is 5.91 Å². The Morgan fingerprint density at radius 2 is 2.24 bits per heavy atom. The normalized spacial score (nSPS) is 10.4. The summed E-state index contributed by atoms with van der Waals surface area (Å²) in [4.78, 5) is 18.7. The number of carbonyl (C=O) groups excluding carboxylic acids is 1. The summed E-state index contributed by atoms with van der Waals surface area (Å²) in [6, 6.07) is 1.49. The fraction of sp³-hybridized carbons (Fsp3) is 0.100.